The average molecular weight is 296 g/mol. The zero-order chi connectivity index (χ0) is 16.2. The third-order valence-corrected chi connectivity index (χ3v) is 3.60. The summed E-state index contributed by atoms with van der Waals surface area (Å²) in [5.74, 6) is -1.45. The minimum Gasteiger partial charge on any atom is -0.480 e. The van der Waals surface area contributed by atoms with Gasteiger partial charge >= 0.3 is 5.97 Å². The summed E-state index contributed by atoms with van der Waals surface area (Å²) in [5.41, 5.74) is 5.52. The molecule has 1 atom stereocenters. The number of nitrogens with two attached hydrogens (primary N) is 1. The van der Waals surface area contributed by atoms with Gasteiger partial charge in [0, 0.05) is 18.5 Å². The van der Waals surface area contributed by atoms with Crippen LogP contribution in [0.5, 0.6) is 0 Å². The molecule has 6 nitrogen and oxygen atoms in total. The molecular weight excluding hydrogens is 272 g/mol. The summed E-state index contributed by atoms with van der Waals surface area (Å²) in [6.07, 6.45) is 1.51. The third kappa shape index (κ3) is 4.67. The molecule has 0 aromatic rings. The van der Waals surface area contributed by atoms with Crippen molar-refractivity contribution < 1.29 is 19.5 Å². The molecular formula is C15H24N2O4. The zero-order valence-corrected chi connectivity index (χ0v) is 12.9. The number of carbonyl (C=O) groups is 3. The van der Waals surface area contributed by atoms with Crippen molar-refractivity contribution in [3.63, 3.8) is 0 Å². The van der Waals surface area contributed by atoms with Crippen molar-refractivity contribution in [3.8, 4) is 0 Å². The standard InChI is InChI=1S/C15H24N2O4/c1-9(17-10(14(20)21)5-4-6-16)13-11(18)7-15(2,3)8-12(13)19/h10,17H,4-8,16H2,1-3H3,(H,20,21)/t10-/m1/s1. The quantitative estimate of drug-likeness (QED) is 0.498. The first kappa shape index (κ1) is 17.4. The third-order valence-electron chi connectivity index (χ3n) is 3.60. The molecule has 1 saturated carbocycles. The molecule has 1 rings (SSSR count). The van der Waals surface area contributed by atoms with Gasteiger partial charge in [-0.25, -0.2) is 4.79 Å². The lowest BCUT2D eigenvalue weighted by Gasteiger charge is -2.30. The average Bonchev–Trinajstić information content (AvgIpc) is 2.31. The predicted molar refractivity (Wildman–Crippen MR) is 78.6 cm³/mol. The number of aliphatic carboxylic acids is 1. The number of allylic oxidation sites excluding steroid dienone is 2. The monoisotopic (exact) mass is 296 g/mol. The Morgan fingerprint density at radius 2 is 1.86 bits per heavy atom. The number of rotatable bonds is 6. The summed E-state index contributed by atoms with van der Waals surface area (Å²) < 4.78 is 0. The van der Waals surface area contributed by atoms with E-state index in [-0.39, 0.29) is 22.6 Å². The molecule has 0 unspecified atom stereocenters. The second-order valence-corrected chi connectivity index (χ2v) is 6.33. The van der Waals surface area contributed by atoms with Crippen LogP contribution in [0.25, 0.3) is 0 Å². The molecule has 0 aliphatic heterocycles. The Bertz CT molecular complexity index is 458. The van der Waals surface area contributed by atoms with Crippen LogP contribution in [0.1, 0.15) is 46.5 Å². The number of carboxylic acid groups (broad SMARTS) is 1. The highest BCUT2D eigenvalue weighted by atomic mass is 16.4. The van der Waals surface area contributed by atoms with Crippen LogP contribution >= 0.6 is 0 Å². The van der Waals surface area contributed by atoms with Gasteiger partial charge in [0.2, 0.25) is 0 Å². The number of carboxylic acids is 1. The van der Waals surface area contributed by atoms with E-state index >= 15 is 0 Å². The van der Waals surface area contributed by atoms with E-state index in [1.54, 1.807) is 6.92 Å². The second-order valence-electron chi connectivity index (χ2n) is 6.33. The largest absolute Gasteiger partial charge is 0.480 e. The Morgan fingerprint density at radius 1 is 1.33 bits per heavy atom. The summed E-state index contributed by atoms with van der Waals surface area (Å²) in [6.45, 7) is 5.74. The van der Waals surface area contributed by atoms with Crippen molar-refractivity contribution in [2.75, 3.05) is 6.54 Å². The first-order chi connectivity index (χ1) is 9.68. The fourth-order valence-corrected chi connectivity index (χ4v) is 2.60. The number of Topliss-reactive ketones (excluding diaryl/α,β-unsaturated/α-hetero) is 2. The summed E-state index contributed by atoms with van der Waals surface area (Å²) in [5, 5.41) is 12.0. The van der Waals surface area contributed by atoms with Crippen LogP contribution in [0.15, 0.2) is 11.3 Å². The summed E-state index contributed by atoms with van der Waals surface area (Å²) in [7, 11) is 0. The molecule has 0 spiro atoms. The van der Waals surface area contributed by atoms with Crippen LogP contribution < -0.4 is 11.1 Å². The Morgan fingerprint density at radius 3 is 2.29 bits per heavy atom. The first-order valence-corrected chi connectivity index (χ1v) is 7.14. The molecule has 0 bridgehead atoms. The molecule has 21 heavy (non-hydrogen) atoms. The fourth-order valence-electron chi connectivity index (χ4n) is 2.60. The fraction of sp³-hybridized carbons (Fsp3) is 0.667. The normalized spacial score (nSPS) is 19.3. The van der Waals surface area contributed by atoms with Gasteiger partial charge in [0.05, 0.1) is 5.57 Å². The molecule has 4 N–H and O–H groups in total. The van der Waals surface area contributed by atoms with E-state index in [1.165, 1.54) is 0 Å². The van der Waals surface area contributed by atoms with Gasteiger partial charge in [-0.1, -0.05) is 13.8 Å². The van der Waals surface area contributed by atoms with Gasteiger partial charge < -0.3 is 16.2 Å². The lowest BCUT2D eigenvalue weighted by Crippen LogP contribution is -2.39. The lowest BCUT2D eigenvalue weighted by atomic mass is 9.73. The maximum atomic E-state index is 12.1. The van der Waals surface area contributed by atoms with Crippen LogP contribution in [-0.4, -0.2) is 35.2 Å². The van der Waals surface area contributed by atoms with Crippen molar-refractivity contribution in [2.45, 2.75) is 52.5 Å². The van der Waals surface area contributed by atoms with Gasteiger partial charge in [-0.15, -0.1) is 0 Å². The van der Waals surface area contributed by atoms with E-state index in [1.807, 2.05) is 13.8 Å². The number of nitrogens with one attached hydrogen (secondary N) is 1. The number of ketones is 2. The smallest absolute Gasteiger partial charge is 0.326 e. The topological polar surface area (TPSA) is 109 Å². The molecule has 1 fully saturated rings. The number of hydrogen-bond donors (Lipinski definition) is 3. The summed E-state index contributed by atoms with van der Waals surface area (Å²) in [4.78, 5) is 35.5. The molecule has 1 aliphatic rings. The van der Waals surface area contributed by atoms with Gasteiger partial charge in [0.25, 0.3) is 0 Å². The van der Waals surface area contributed by atoms with Crippen LogP contribution in [0.4, 0.5) is 0 Å². The summed E-state index contributed by atoms with van der Waals surface area (Å²) in [6, 6.07) is -0.836. The Kier molecular flexibility index (Phi) is 5.66. The molecule has 6 heteroatoms. The van der Waals surface area contributed by atoms with Crippen LogP contribution in [0.2, 0.25) is 0 Å². The van der Waals surface area contributed by atoms with E-state index < -0.39 is 12.0 Å². The van der Waals surface area contributed by atoms with E-state index in [4.69, 9.17) is 10.8 Å². The van der Waals surface area contributed by atoms with Gasteiger partial charge in [0.1, 0.15) is 6.04 Å². The zero-order valence-electron chi connectivity index (χ0n) is 12.9. The first-order valence-electron chi connectivity index (χ1n) is 7.14. The molecule has 0 saturated heterocycles. The molecule has 0 amide bonds. The second kappa shape index (κ2) is 6.85. The van der Waals surface area contributed by atoms with Gasteiger partial charge in [-0.3, -0.25) is 9.59 Å². The minimum absolute atomic E-state index is 0.119. The van der Waals surface area contributed by atoms with Crippen LogP contribution in [0, 0.1) is 5.41 Å². The number of carbonyl (C=O) groups excluding carboxylic acids is 2. The maximum absolute atomic E-state index is 12.1. The molecule has 0 heterocycles. The Balaban J connectivity index is 2.92. The van der Waals surface area contributed by atoms with Crippen molar-refractivity contribution in [1.82, 2.24) is 5.32 Å². The molecule has 0 radical (unpaired) electrons. The number of hydrogen-bond acceptors (Lipinski definition) is 5. The molecule has 1 aliphatic carbocycles. The molecule has 0 aromatic heterocycles. The van der Waals surface area contributed by atoms with Gasteiger partial charge in [-0.2, -0.15) is 0 Å². The van der Waals surface area contributed by atoms with Gasteiger partial charge in [-0.05, 0) is 31.7 Å². The molecule has 118 valence electrons. The lowest BCUT2D eigenvalue weighted by molar-refractivity contribution is -0.139. The minimum atomic E-state index is -1.01. The highest BCUT2D eigenvalue weighted by Crippen LogP contribution is 2.34. The van der Waals surface area contributed by atoms with E-state index in [2.05, 4.69) is 5.32 Å². The Hall–Kier alpha value is -1.69. The highest BCUT2D eigenvalue weighted by Gasteiger charge is 2.37. The van der Waals surface area contributed by atoms with Crippen molar-refractivity contribution >= 4 is 17.5 Å². The van der Waals surface area contributed by atoms with Crippen molar-refractivity contribution in [1.29, 1.82) is 0 Å². The maximum Gasteiger partial charge on any atom is 0.326 e. The van der Waals surface area contributed by atoms with E-state index in [9.17, 15) is 14.4 Å². The van der Waals surface area contributed by atoms with Gasteiger partial charge in [0.15, 0.2) is 11.6 Å². The van der Waals surface area contributed by atoms with Crippen LogP contribution in [-0.2, 0) is 14.4 Å². The highest BCUT2D eigenvalue weighted by molar-refractivity contribution is 6.22. The Labute approximate surface area is 124 Å². The SMILES string of the molecule is CC(N[C@H](CCCN)C(=O)O)=C1C(=O)CC(C)(C)CC1=O. The van der Waals surface area contributed by atoms with E-state index in [0.717, 1.165) is 0 Å². The van der Waals surface area contributed by atoms with Crippen molar-refractivity contribution in [2.24, 2.45) is 11.1 Å². The van der Waals surface area contributed by atoms with E-state index in [0.29, 0.717) is 37.9 Å². The van der Waals surface area contributed by atoms with Crippen LogP contribution in [0.3, 0.4) is 0 Å². The summed E-state index contributed by atoms with van der Waals surface area (Å²) >= 11 is 0. The van der Waals surface area contributed by atoms with Crippen molar-refractivity contribution in [3.05, 3.63) is 11.3 Å². The molecule has 0 aromatic carbocycles. The predicted octanol–water partition coefficient (Wildman–Crippen LogP) is 1.00.